The van der Waals surface area contributed by atoms with E-state index in [-0.39, 0.29) is 12.0 Å². The van der Waals surface area contributed by atoms with Crippen molar-refractivity contribution in [2.75, 3.05) is 13.2 Å². The van der Waals surface area contributed by atoms with Crippen LogP contribution in [0.3, 0.4) is 0 Å². The van der Waals surface area contributed by atoms with Crippen LogP contribution in [0.4, 0.5) is 4.79 Å². The molecule has 2 unspecified atom stereocenters. The Bertz CT molecular complexity index is 576. The standard InChI is InChI=1S/C20H28N2O3/c1-2-25-20(24)22-17-10-11-18(22)14-15(13-17)7-6-12-21-19(23)16-8-4-3-5-9-16/h3-5,8-9,15,17-18H,2,6-7,10-14H2,1H3,(H,21,23). The van der Waals surface area contributed by atoms with Crippen molar-refractivity contribution in [2.24, 2.45) is 5.92 Å². The number of hydrogen-bond donors (Lipinski definition) is 1. The Morgan fingerprint density at radius 3 is 2.48 bits per heavy atom. The summed E-state index contributed by atoms with van der Waals surface area (Å²) in [5, 5.41) is 3.00. The average molecular weight is 344 g/mol. The lowest BCUT2D eigenvalue weighted by atomic mass is 9.87. The third-order valence-electron chi connectivity index (χ3n) is 5.42. The van der Waals surface area contributed by atoms with E-state index in [1.54, 1.807) is 0 Å². The van der Waals surface area contributed by atoms with Gasteiger partial charge in [0.15, 0.2) is 0 Å². The summed E-state index contributed by atoms with van der Waals surface area (Å²) >= 11 is 0. The van der Waals surface area contributed by atoms with Crippen LogP contribution in [0.1, 0.15) is 55.8 Å². The molecular weight excluding hydrogens is 316 g/mol. The molecule has 3 rings (SSSR count). The van der Waals surface area contributed by atoms with Crippen molar-refractivity contribution in [3.8, 4) is 0 Å². The topological polar surface area (TPSA) is 58.6 Å². The van der Waals surface area contributed by atoms with Crippen LogP contribution in [-0.4, -0.2) is 42.1 Å². The number of carbonyl (C=O) groups is 2. The summed E-state index contributed by atoms with van der Waals surface area (Å²) in [6.07, 6.45) is 6.31. The molecule has 5 heteroatoms. The summed E-state index contributed by atoms with van der Waals surface area (Å²) < 4.78 is 5.20. The van der Waals surface area contributed by atoms with E-state index in [1.165, 1.54) is 0 Å². The quantitative estimate of drug-likeness (QED) is 0.802. The van der Waals surface area contributed by atoms with Gasteiger partial charge in [-0.2, -0.15) is 0 Å². The summed E-state index contributed by atoms with van der Waals surface area (Å²) in [7, 11) is 0. The lowest BCUT2D eigenvalue weighted by Gasteiger charge is -2.38. The van der Waals surface area contributed by atoms with Crippen molar-refractivity contribution < 1.29 is 14.3 Å². The van der Waals surface area contributed by atoms with Crippen LogP contribution in [0.15, 0.2) is 30.3 Å². The SMILES string of the molecule is CCOC(=O)N1C2CCC1CC(CCCNC(=O)c1ccccc1)C2. The van der Waals surface area contributed by atoms with Crippen molar-refractivity contribution >= 4 is 12.0 Å². The Labute approximate surface area is 149 Å². The molecule has 2 fully saturated rings. The molecule has 2 aliphatic heterocycles. The number of carbonyl (C=O) groups excluding carboxylic acids is 2. The number of nitrogens with zero attached hydrogens (tertiary/aromatic N) is 1. The molecule has 1 aromatic carbocycles. The summed E-state index contributed by atoms with van der Waals surface area (Å²) in [6, 6.07) is 10.0. The maximum atomic E-state index is 12.1. The summed E-state index contributed by atoms with van der Waals surface area (Å²) in [5.41, 5.74) is 0.711. The Balaban J connectivity index is 1.39. The van der Waals surface area contributed by atoms with Gasteiger partial charge in [0.2, 0.25) is 0 Å². The van der Waals surface area contributed by atoms with E-state index < -0.39 is 0 Å². The molecule has 2 heterocycles. The second-order valence-corrected chi connectivity index (χ2v) is 7.09. The van der Waals surface area contributed by atoms with Crippen molar-refractivity contribution in [3.05, 3.63) is 35.9 Å². The molecule has 2 saturated heterocycles. The van der Waals surface area contributed by atoms with Gasteiger partial charge in [-0.15, -0.1) is 0 Å². The van der Waals surface area contributed by atoms with Gasteiger partial charge in [0, 0.05) is 24.2 Å². The molecule has 2 aliphatic rings. The minimum Gasteiger partial charge on any atom is -0.450 e. The number of hydrogen-bond acceptors (Lipinski definition) is 3. The largest absolute Gasteiger partial charge is 0.450 e. The number of nitrogens with one attached hydrogen (secondary N) is 1. The molecule has 2 bridgehead atoms. The van der Waals surface area contributed by atoms with Crippen molar-refractivity contribution in [1.82, 2.24) is 10.2 Å². The Kier molecular flexibility index (Phi) is 5.95. The van der Waals surface area contributed by atoms with E-state index in [1.807, 2.05) is 42.2 Å². The fourth-order valence-electron chi connectivity index (χ4n) is 4.31. The van der Waals surface area contributed by atoms with Gasteiger partial charge in [0.1, 0.15) is 0 Å². The first kappa shape index (κ1) is 17.8. The third-order valence-corrected chi connectivity index (χ3v) is 5.42. The van der Waals surface area contributed by atoms with Gasteiger partial charge < -0.3 is 15.0 Å². The fourth-order valence-corrected chi connectivity index (χ4v) is 4.31. The first-order chi connectivity index (χ1) is 12.2. The van der Waals surface area contributed by atoms with E-state index in [9.17, 15) is 9.59 Å². The normalized spacial score (nSPS) is 24.8. The first-order valence-corrected chi connectivity index (χ1v) is 9.47. The van der Waals surface area contributed by atoms with Gasteiger partial charge >= 0.3 is 6.09 Å². The average Bonchev–Trinajstić information content (AvgIpc) is 2.90. The predicted molar refractivity (Wildman–Crippen MR) is 96.4 cm³/mol. The molecular formula is C20H28N2O3. The van der Waals surface area contributed by atoms with Gasteiger partial charge in [-0.05, 0) is 63.5 Å². The van der Waals surface area contributed by atoms with Gasteiger partial charge in [-0.25, -0.2) is 4.79 Å². The number of amides is 2. The maximum absolute atomic E-state index is 12.1. The zero-order chi connectivity index (χ0) is 17.6. The lowest BCUT2D eigenvalue weighted by Crippen LogP contribution is -2.46. The lowest BCUT2D eigenvalue weighted by molar-refractivity contribution is 0.0588. The second kappa shape index (κ2) is 8.37. The number of benzene rings is 1. The summed E-state index contributed by atoms with van der Waals surface area (Å²) in [4.78, 5) is 26.1. The molecule has 0 aromatic heterocycles. The van der Waals surface area contributed by atoms with Crippen LogP contribution in [0.2, 0.25) is 0 Å². The van der Waals surface area contributed by atoms with E-state index in [0.717, 1.165) is 38.5 Å². The molecule has 1 N–H and O–H groups in total. The molecule has 0 radical (unpaired) electrons. The highest BCUT2D eigenvalue weighted by Crippen LogP contribution is 2.40. The van der Waals surface area contributed by atoms with Crippen LogP contribution in [0, 0.1) is 5.92 Å². The van der Waals surface area contributed by atoms with Crippen LogP contribution in [-0.2, 0) is 4.74 Å². The molecule has 1 aromatic rings. The molecule has 5 nitrogen and oxygen atoms in total. The van der Waals surface area contributed by atoms with Crippen molar-refractivity contribution in [1.29, 1.82) is 0 Å². The smallest absolute Gasteiger partial charge is 0.410 e. The Hall–Kier alpha value is -2.04. The van der Waals surface area contributed by atoms with Gasteiger partial charge in [0.05, 0.1) is 6.61 Å². The Morgan fingerprint density at radius 1 is 1.16 bits per heavy atom. The molecule has 2 amide bonds. The van der Waals surface area contributed by atoms with E-state index in [4.69, 9.17) is 4.74 Å². The minimum absolute atomic E-state index is 0.00204. The predicted octanol–water partition coefficient (Wildman–Crippen LogP) is 3.60. The van der Waals surface area contributed by atoms with Crippen LogP contribution in [0.25, 0.3) is 0 Å². The van der Waals surface area contributed by atoms with Crippen molar-refractivity contribution in [2.45, 2.75) is 57.5 Å². The van der Waals surface area contributed by atoms with Crippen LogP contribution < -0.4 is 5.32 Å². The first-order valence-electron chi connectivity index (χ1n) is 9.47. The number of piperidine rings is 1. The fraction of sp³-hybridized carbons (Fsp3) is 0.600. The van der Waals surface area contributed by atoms with Crippen LogP contribution >= 0.6 is 0 Å². The highest BCUT2D eigenvalue weighted by atomic mass is 16.6. The molecule has 25 heavy (non-hydrogen) atoms. The number of rotatable bonds is 6. The van der Waals surface area contributed by atoms with E-state index >= 15 is 0 Å². The third kappa shape index (κ3) is 4.33. The molecule has 2 atom stereocenters. The van der Waals surface area contributed by atoms with Gasteiger partial charge in [-0.3, -0.25) is 4.79 Å². The van der Waals surface area contributed by atoms with Gasteiger partial charge in [-0.1, -0.05) is 18.2 Å². The maximum Gasteiger partial charge on any atom is 0.410 e. The summed E-state index contributed by atoms with van der Waals surface area (Å²) in [6.45, 7) is 3.01. The molecule has 136 valence electrons. The zero-order valence-corrected chi connectivity index (χ0v) is 14.9. The zero-order valence-electron chi connectivity index (χ0n) is 14.9. The second-order valence-electron chi connectivity index (χ2n) is 7.09. The van der Waals surface area contributed by atoms with E-state index in [0.29, 0.717) is 36.7 Å². The molecule has 0 aliphatic carbocycles. The Morgan fingerprint density at radius 2 is 1.84 bits per heavy atom. The van der Waals surface area contributed by atoms with Gasteiger partial charge in [0.25, 0.3) is 5.91 Å². The minimum atomic E-state index is -0.136. The number of ether oxygens (including phenoxy) is 1. The van der Waals surface area contributed by atoms with Crippen molar-refractivity contribution in [3.63, 3.8) is 0 Å². The van der Waals surface area contributed by atoms with Crippen LogP contribution in [0.5, 0.6) is 0 Å². The number of fused-ring (bicyclic) bond motifs is 2. The molecule has 0 saturated carbocycles. The highest BCUT2D eigenvalue weighted by Gasteiger charge is 2.43. The molecule has 0 spiro atoms. The monoisotopic (exact) mass is 344 g/mol. The van der Waals surface area contributed by atoms with E-state index in [2.05, 4.69) is 5.32 Å². The summed E-state index contributed by atoms with van der Waals surface area (Å²) in [5.74, 6) is 0.648. The highest BCUT2D eigenvalue weighted by molar-refractivity contribution is 5.94.